The van der Waals surface area contributed by atoms with Crippen molar-refractivity contribution in [2.45, 2.75) is 39.0 Å². The summed E-state index contributed by atoms with van der Waals surface area (Å²) in [4.78, 5) is 25.1. The van der Waals surface area contributed by atoms with Crippen molar-refractivity contribution in [3.63, 3.8) is 0 Å². The fourth-order valence-electron chi connectivity index (χ4n) is 3.76. The summed E-state index contributed by atoms with van der Waals surface area (Å²) in [5, 5.41) is 0. The molecule has 28 heavy (non-hydrogen) atoms. The summed E-state index contributed by atoms with van der Waals surface area (Å²) in [5.74, 6) is -0.0110. The fraction of sp³-hybridized carbons (Fsp3) is 0.304. The van der Waals surface area contributed by atoms with Crippen molar-refractivity contribution < 1.29 is 23.5 Å². The smallest absolute Gasteiger partial charge is 0.314 e. The van der Waals surface area contributed by atoms with Gasteiger partial charge >= 0.3 is 5.97 Å². The molecule has 0 spiro atoms. The van der Waals surface area contributed by atoms with Crippen LogP contribution < -0.4 is 9.47 Å². The van der Waals surface area contributed by atoms with Crippen LogP contribution >= 0.6 is 0 Å². The van der Waals surface area contributed by atoms with E-state index in [-0.39, 0.29) is 29.2 Å². The predicted octanol–water partition coefficient (Wildman–Crippen LogP) is 5.24. The number of carbonyl (C=O) groups excluding carboxylic acids is 2. The van der Waals surface area contributed by atoms with Crippen LogP contribution in [0.25, 0.3) is 6.08 Å². The molecule has 1 saturated carbocycles. The van der Waals surface area contributed by atoms with Crippen LogP contribution in [0.1, 0.15) is 53.6 Å². The number of esters is 1. The third-order valence-corrected chi connectivity index (χ3v) is 5.33. The van der Waals surface area contributed by atoms with E-state index in [0.29, 0.717) is 28.2 Å². The van der Waals surface area contributed by atoms with Crippen LogP contribution in [0.4, 0.5) is 4.39 Å². The Morgan fingerprint density at radius 2 is 1.96 bits per heavy atom. The van der Waals surface area contributed by atoms with Gasteiger partial charge in [-0.05, 0) is 55.7 Å². The van der Waals surface area contributed by atoms with Gasteiger partial charge in [0.05, 0.1) is 11.5 Å². The van der Waals surface area contributed by atoms with Crippen LogP contribution in [-0.4, -0.2) is 11.8 Å². The zero-order valence-electron chi connectivity index (χ0n) is 15.7. The van der Waals surface area contributed by atoms with Crippen molar-refractivity contribution in [1.82, 2.24) is 0 Å². The van der Waals surface area contributed by atoms with E-state index >= 15 is 0 Å². The van der Waals surface area contributed by atoms with Gasteiger partial charge in [-0.25, -0.2) is 4.39 Å². The molecule has 1 aliphatic carbocycles. The predicted molar refractivity (Wildman–Crippen MR) is 103 cm³/mol. The van der Waals surface area contributed by atoms with E-state index in [2.05, 4.69) is 0 Å². The van der Waals surface area contributed by atoms with Crippen molar-refractivity contribution in [1.29, 1.82) is 0 Å². The van der Waals surface area contributed by atoms with Gasteiger partial charge in [0.2, 0.25) is 5.78 Å². The first kappa shape index (κ1) is 18.4. The van der Waals surface area contributed by atoms with Crippen molar-refractivity contribution in [3.05, 3.63) is 64.7 Å². The molecule has 0 bridgehead atoms. The molecule has 4 nitrogen and oxygen atoms in total. The zero-order valence-corrected chi connectivity index (χ0v) is 15.7. The Kier molecular flexibility index (Phi) is 4.99. The molecule has 2 aromatic rings. The lowest BCUT2D eigenvalue weighted by Gasteiger charge is -2.20. The highest BCUT2D eigenvalue weighted by Crippen LogP contribution is 2.39. The molecule has 2 aromatic carbocycles. The van der Waals surface area contributed by atoms with Gasteiger partial charge in [0, 0.05) is 5.56 Å². The average molecular weight is 380 g/mol. The molecule has 1 fully saturated rings. The second-order valence-corrected chi connectivity index (χ2v) is 7.32. The monoisotopic (exact) mass is 380 g/mol. The maximum absolute atomic E-state index is 13.4. The normalized spacial score (nSPS) is 18.1. The third kappa shape index (κ3) is 3.57. The first-order valence-electron chi connectivity index (χ1n) is 9.58. The van der Waals surface area contributed by atoms with E-state index in [1.165, 1.54) is 18.2 Å². The second-order valence-electron chi connectivity index (χ2n) is 7.32. The standard InChI is InChI=1S/C23H21FO4/c1-14-19(28-23(26)16-7-3-2-4-8-16)11-10-18-21(25)20(27-22(14)18)13-15-6-5-9-17(24)12-15/h5-6,9-13,16H,2-4,7-8H2,1H3/b20-13-. The number of fused-ring (bicyclic) bond motifs is 1. The van der Waals surface area contributed by atoms with Crippen LogP contribution in [0, 0.1) is 18.7 Å². The first-order valence-corrected chi connectivity index (χ1v) is 9.58. The van der Waals surface area contributed by atoms with E-state index in [1.54, 1.807) is 31.2 Å². The Labute approximate surface area is 163 Å². The molecule has 1 aliphatic heterocycles. The zero-order chi connectivity index (χ0) is 19.7. The highest BCUT2D eigenvalue weighted by molar-refractivity contribution is 6.15. The quantitative estimate of drug-likeness (QED) is 0.415. The lowest BCUT2D eigenvalue weighted by atomic mass is 9.89. The van der Waals surface area contributed by atoms with Crippen LogP contribution in [0.3, 0.4) is 0 Å². The Morgan fingerprint density at radius 3 is 2.71 bits per heavy atom. The van der Waals surface area contributed by atoms with Crippen LogP contribution in [-0.2, 0) is 4.79 Å². The molecule has 5 heteroatoms. The Morgan fingerprint density at radius 1 is 1.18 bits per heavy atom. The van der Waals surface area contributed by atoms with Crippen molar-refractivity contribution >= 4 is 17.8 Å². The Bertz CT molecular complexity index is 971. The van der Waals surface area contributed by atoms with Gasteiger partial charge in [-0.3, -0.25) is 9.59 Å². The van der Waals surface area contributed by atoms with Crippen LogP contribution in [0.15, 0.2) is 42.2 Å². The molecule has 2 aliphatic rings. The summed E-state index contributed by atoms with van der Waals surface area (Å²) >= 11 is 0. The summed E-state index contributed by atoms with van der Waals surface area (Å²) < 4.78 is 24.8. The molecule has 0 amide bonds. The highest BCUT2D eigenvalue weighted by Gasteiger charge is 2.31. The summed E-state index contributed by atoms with van der Waals surface area (Å²) in [6.07, 6.45) is 6.50. The number of carbonyl (C=O) groups is 2. The Balaban J connectivity index is 1.57. The molecule has 0 saturated heterocycles. The van der Waals surface area contributed by atoms with E-state index in [1.807, 2.05) is 0 Å². The maximum atomic E-state index is 13.4. The topological polar surface area (TPSA) is 52.6 Å². The van der Waals surface area contributed by atoms with Gasteiger partial charge in [0.25, 0.3) is 0 Å². The van der Waals surface area contributed by atoms with E-state index in [4.69, 9.17) is 9.47 Å². The highest BCUT2D eigenvalue weighted by atomic mass is 19.1. The summed E-state index contributed by atoms with van der Waals surface area (Å²) in [7, 11) is 0. The van der Waals surface area contributed by atoms with Gasteiger partial charge < -0.3 is 9.47 Å². The van der Waals surface area contributed by atoms with Gasteiger partial charge in [-0.2, -0.15) is 0 Å². The van der Waals surface area contributed by atoms with E-state index in [9.17, 15) is 14.0 Å². The minimum Gasteiger partial charge on any atom is -0.452 e. The Hall–Kier alpha value is -2.95. The largest absolute Gasteiger partial charge is 0.452 e. The molecule has 0 unspecified atom stereocenters. The molecular formula is C23H21FO4. The molecule has 0 aromatic heterocycles. The summed E-state index contributed by atoms with van der Waals surface area (Å²) in [5.41, 5.74) is 1.56. The maximum Gasteiger partial charge on any atom is 0.314 e. The first-order chi connectivity index (χ1) is 13.5. The number of rotatable bonds is 3. The number of hydrogen-bond acceptors (Lipinski definition) is 4. The summed E-state index contributed by atoms with van der Waals surface area (Å²) in [6, 6.07) is 9.19. The van der Waals surface area contributed by atoms with Crippen LogP contribution in [0.2, 0.25) is 0 Å². The lowest BCUT2D eigenvalue weighted by molar-refractivity contribution is -0.140. The van der Waals surface area contributed by atoms with Crippen LogP contribution in [0.5, 0.6) is 11.5 Å². The third-order valence-electron chi connectivity index (χ3n) is 5.33. The molecule has 4 rings (SSSR count). The van der Waals surface area contributed by atoms with Gasteiger partial charge in [-0.1, -0.05) is 31.4 Å². The second kappa shape index (κ2) is 7.58. The fourth-order valence-corrected chi connectivity index (χ4v) is 3.76. The van der Waals surface area contributed by atoms with Gasteiger partial charge in [0.15, 0.2) is 5.76 Å². The average Bonchev–Trinajstić information content (AvgIpc) is 3.01. The number of Topliss-reactive ketones (excluding diaryl/α,β-unsaturated/α-hetero) is 1. The van der Waals surface area contributed by atoms with Crippen molar-refractivity contribution in [2.75, 3.05) is 0 Å². The molecule has 0 atom stereocenters. The van der Waals surface area contributed by atoms with Gasteiger partial charge in [0.1, 0.15) is 17.3 Å². The van der Waals surface area contributed by atoms with E-state index < -0.39 is 0 Å². The molecule has 0 N–H and O–H groups in total. The SMILES string of the molecule is Cc1c(OC(=O)C2CCCCC2)ccc2c1O/C(=C\c1cccc(F)c1)C2=O. The number of hydrogen-bond donors (Lipinski definition) is 0. The molecule has 144 valence electrons. The minimum absolute atomic E-state index is 0.0626. The van der Waals surface area contributed by atoms with Crippen molar-refractivity contribution in [3.8, 4) is 11.5 Å². The van der Waals surface area contributed by atoms with E-state index in [0.717, 1.165) is 32.1 Å². The summed E-state index contributed by atoms with van der Waals surface area (Å²) in [6.45, 7) is 1.76. The number of ether oxygens (including phenoxy) is 2. The number of halogens is 1. The number of allylic oxidation sites excluding steroid dienone is 1. The lowest BCUT2D eigenvalue weighted by Crippen LogP contribution is -2.23. The molecule has 0 radical (unpaired) electrons. The number of benzene rings is 2. The minimum atomic E-state index is -0.384. The molecule has 1 heterocycles. The molecular weight excluding hydrogens is 359 g/mol. The van der Waals surface area contributed by atoms with Gasteiger partial charge in [-0.15, -0.1) is 0 Å². The van der Waals surface area contributed by atoms with Crippen molar-refractivity contribution in [2.24, 2.45) is 5.92 Å². The number of ketones is 1.